The average Bonchev–Trinajstić information content (AvgIpc) is 3.11. The van der Waals surface area contributed by atoms with Crippen molar-refractivity contribution in [2.45, 2.75) is 58.2 Å². The van der Waals surface area contributed by atoms with E-state index in [0.29, 0.717) is 6.54 Å². The molecule has 2 aromatic carbocycles. The molecule has 0 saturated carbocycles. The molecule has 0 bridgehead atoms. The molecule has 2 heterocycles. The van der Waals surface area contributed by atoms with Gasteiger partial charge in [0.25, 0.3) is 0 Å². The van der Waals surface area contributed by atoms with Gasteiger partial charge < -0.3 is 19.5 Å². The molecule has 3 aromatic rings. The van der Waals surface area contributed by atoms with Crippen molar-refractivity contribution in [3.05, 3.63) is 58.6 Å². The minimum Gasteiger partial charge on any atom is -0.444 e. The summed E-state index contributed by atoms with van der Waals surface area (Å²) in [5.74, 6) is 0.963. The van der Waals surface area contributed by atoms with Crippen molar-refractivity contribution < 1.29 is 9.53 Å². The fraction of sp³-hybridized carbons (Fsp3) is 0.440. The highest BCUT2D eigenvalue weighted by Crippen LogP contribution is 2.29. The van der Waals surface area contributed by atoms with Crippen molar-refractivity contribution in [1.82, 2.24) is 14.9 Å². The van der Waals surface area contributed by atoms with Crippen LogP contribution in [0.5, 0.6) is 0 Å². The fourth-order valence-electron chi connectivity index (χ4n) is 4.20. The van der Waals surface area contributed by atoms with Gasteiger partial charge in [0.15, 0.2) is 0 Å². The van der Waals surface area contributed by atoms with Gasteiger partial charge in [-0.25, -0.2) is 9.78 Å². The number of anilines is 1. The van der Waals surface area contributed by atoms with Crippen molar-refractivity contribution >= 4 is 39.0 Å². The Bertz CT molecular complexity index is 1070. The molecule has 1 amide bonds. The number of para-hydroxylation sites is 2. The molecule has 1 fully saturated rings. The molecule has 1 aromatic heterocycles. The van der Waals surface area contributed by atoms with Crippen LogP contribution in [0.2, 0.25) is 0 Å². The smallest absolute Gasteiger partial charge is 0.407 e. The lowest BCUT2D eigenvalue weighted by molar-refractivity contribution is 0.0522. The predicted octanol–water partition coefficient (Wildman–Crippen LogP) is 5.73. The first-order chi connectivity index (χ1) is 15.3. The molecule has 1 saturated heterocycles. The zero-order valence-electron chi connectivity index (χ0n) is 19.0. The number of halogens is 1. The number of carbonyl (C=O) groups excluding carboxylic acids is 1. The van der Waals surface area contributed by atoms with Crippen molar-refractivity contribution in [2.75, 3.05) is 18.0 Å². The zero-order chi connectivity index (χ0) is 22.7. The molecule has 1 atom stereocenters. The van der Waals surface area contributed by atoms with Crippen LogP contribution in [-0.2, 0) is 11.3 Å². The van der Waals surface area contributed by atoms with Gasteiger partial charge in [-0.05, 0) is 69.9 Å². The number of benzene rings is 2. The normalized spacial score (nSPS) is 16.9. The summed E-state index contributed by atoms with van der Waals surface area (Å²) in [5.41, 5.74) is 2.83. The lowest BCUT2D eigenvalue weighted by atomic mass is 10.0. The summed E-state index contributed by atoms with van der Waals surface area (Å²) in [6, 6.07) is 16.9. The Morgan fingerprint density at radius 3 is 2.66 bits per heavy atom. The van der Waals surface area contributed by atoms with Gasteiger partial charge in [-0.15, -0.1) is 0 Å². The maximum atomic E-state index is 12.2. The second kappa shape index (κ2) is 9.53. The number of nitrogens with zero attached hydrogens (tertiary/aromatic N) is 3. The van der Waals surface area contributed by atoms with E-state index in [9.17, 15) is 4.79 Å². The van der Waals surface area contributed by atoms with Gasteiger partial charge >= 0.3 is 6.09 Å². The van der Waals surface area contributed by atoms with Crippen LogP contribution in [0.1, 0.15) is 45.6 Å². The topological polar surface area (TPSA) is 59.4 Å². The molecule has 0 spiro atoms. The van der Waals surface area contributed by atoms with E-state index in [4.69, 9.17) is 9.72 Å². The van der Waals surface area contributed by atoms with Gasteiger partial charge in [-0.2, -0.15) is 0 Å². The number of rotatable bonds is 5. The van der Waals surface area contributed by atoms with Crippen molar-refractivity contribution in [2.24, 2.45) is 0 Å². The molecule has 0 unspecified atom stereocenters. The third-order valence-electron chi connectivity index (χ3n) is 5.65. The summed E-state index contributed by atoms with van der Waals surface area (Å²) in [4.78, 5) is 19.6. The monoisotopic (exact) mass is 498 g/mol. The largest absolute Gasteiger partial charge is 0.444 e. The SMILES string of the molecule is CC(C)(C)OC(=O)NC[C@H]1CCCCN1c1nc2ccccc2n1Cc1ccc(Br)cc1. The fourth-order valence-corrected chi connectivity index (χ4v) is 4.47. The van der Waals surface area contributed by atoms with E-state index in [2.05, 4.69) is 73.2 Å². The lowest BCUT2D eigenvalue weighted by Gasteiger charge is -2.37. The Kier molecular flexibility index (Phi) is 6.74. The van der Waals surface area contributed by atoms with Gasteiger partial charge in [0.1, 0.15) is 5.60 Å². The van der Waals surface area contributed by atoms with Crippen LogP contribution in [0, 0.1) is 0 Å². The molecule has 4 rings (SSSR count). The highest BCUT2D eigenvalue weighted by Gasteiger charge is 2.28. The maximum absolute atomic E-state index is 12.2. The molecule has 0 aliphatic carbocycles. The van der Waals surface area contributed by atoms with Crippen molar-refractivity contribution in [3.63, 3.8) is 0 Å². The van der Waals surface area contributed by atoms with Crippen LogP contribution < -0.4 is 10.2 Å². The molecule has 32 heavy (non-hydrogen) atoms. The van der Waals surface area contributed by atoms with E-state index in [0.717, 1.165) is 53.8 Å². The molecule has 1 N–H and O–H groups in total. The number of hydrogen-bond acceptors (Lipinski definition) is 4. The van der Waals surface area contributed by atoms with E-state index < -0.39 is 5.60 Å². The number of amides is 1. The molecule has 6 nitrogen and oxygen atoms in total. The second-order valence-corrected chi connectivity index (χ2v) is 10.3. The van der Waals surface area contributed by atoms with E-state index >= 15 is 0 Å². The van der Waals surface area contributed by atoms with E-state index in [1.54, 1.807) is 0 Å². The lowest BCUT2D eigenvalue weighted by Crippen LogP contribution is -2.48. The van der Waals surface area contributed by atoms with Gasteiger partial charge in [0, 0.05) is 23.6 Å². The van der Waals surface area contributed by atoms with Crippen LogP contribution in [0.4, 0.5) is 10.7 Å². The number of fused-ring (bicyclic) bond motifs is 1. The highest BCUT2D eigenvalue weighted by atomic mass is 79.9. The number of nitrogens with one attached hydrogen (secondary N) is 1. The summed E-state index contributed by atoms with van der Waals surface area (Å²) in [6.07, 6.45) is 2.90. The van der Waals surface area contributed by atoms with Gasteiger partial charge in [-0.3, -0.25) is 0 Å². The maximum Gasteiger partial charge on any atom is 0.407 e. The molecule has 1 aliphatic rings. The van der Waals surface area contributed by atoms with E-state index in [1.807, 2.05) is 26.8 Å². The number of hydrogen-bond donors (Lipinski definition) is 1. The standard InChI is InChI=1S/C25H31BrN4O2/c1-25(2,3)32-24(31)27-16-20-8-6-7-15-29(20)23-28-21-9-4-5-10-22(21)30(23)17-18-11-13-19(26)14-12-18/h4-5,9-14,20H,6-8,15-17H2,1-3H3,(H,27,31)/t20-/m1/s1. The summed E-state index contributed by atoms with van der Waals surface area (Å²) in [5, 5.41) is 2.97. The Hall–Kier alpha value is -2.54. The summed E-state index contributed by atoms with van der Waals surface area (Å²) in [7, 11) is 0. The molecular weight excluding hydrogens is 468 g/mol. The van der Waals surface area contributed by atoms with E-state index in [-0.39, 0.29) is 12.1 Å². The summed E-state index contributed by atoms with van der Waals surface area (Å²) in [6.45, 7) is 7.84. The number of imidazole rings is 1. The molecule has 7 heteroatoms. The molecule has 0 radical (unpaired) electrons. The number of carbonyl (C=O) groups is 1. The third-order valence-corrected chi connectivity index (χ3v) is 6.18. The minimum atomic E-state index is -0.505. The van der Waals surface area contributed by atoms with Crippen LogP contribution in [0.3, 0.4) is 0 Å². The van der Waals surface area contributed by atoms with Crippen molar-refractivity contribution in [1.29, 1.82) is 0 Å². The van der Waals surface area contributed by atoms with Gasteiger partial charge in [-0.1, -0.05) is 40.2 Å². The first kappa shape index (κ1) is 22.6. The van der Waals surface area contributed by atoms with Crippen LogP contribution in [0.25, 0.3) is 11.0 Å². The van der Waals surface area contributed by atoms with Crippen LogP contribution >= 0.6 is 15.9 Å². The molecule has 170 valence electrons. The summed E-state index contributed by atoms with van der Waals surface area (Å²) >= 11 is 3.52. The van der Waals surface area contributed by atoms with Crippen LogP contribution in [0.15, 0.2) is 53.0 Å². The molecule has 1 aliphatic heterocycles. The number of piperidine rings is 1. The third kappa shape index (κ3) is 5.44. The predicted molar refractivity (Wildman–Crippen MR) is 132 cm³/mol. The minimum absolute atomic E-state index is 0.178. The van der Waals surface area contributed by atoms with E-state index in [1.165, 1.54) is 5.56 Å². The first-order valence-electron chi connectivity index (χ1n) is 11.2. The van der Waals surface area contributed by atoms with Gasteiger partial charge in [0.05, 0.1) is 17.6 Å². The Balaban J connectivity index is 1.61. The Labute approximate surface area is 198 Å². The first-order valence-corrected chi connectivity index (χ1v) is 12.0. The molecular formula is C25H31BrN4O2. The van der Waals surface area contributed by atoms with Gasteiger partial charge in [0.2, 0.25) is 5.95 Å². The highest BCUT2D eigenvalue weighted by molar-refractivity contribution is 9.10. The Morgan fingerprint density at radius 1 is 1.16 bits per heavy atom. The number of ether oxygens (including phenoxy) is 1. The average molecular weight is 499 g/mol. The quantitative estimate of drug-likeness (QED) is 0.487. The number of aromatic nitrogens is 2. The zero-order valence-corrected chi connectivity index (χ0v) is 20.6. The summed E-state index contributed by atoms with van der Waals surface area (Å²) < 4.78 is 8.80. The Morgan fingerprint density at radius 2 is 1.91 bits per heavy atom. The van der Waals surface area contributed by atoms with Crippen LogP contribution in [-0.4, -0.2) is 40.4 Å². The second-order valence-electron chi connectivity index (χ2n) is 9.34. The van der Waals surface area contributed by atoms with Crippen molar-refractivity contribution in [3.8, 4) is 0 Å². The number of alkyl carbamates (subject to hydrolysis) is 1.